The average molecular weight is 513 g/mol. The molecule has 3 aliphatic rings. The van der Waals surface area contributed by atoms with Crippen LogP contribution in [-0.4, -0.2) is 38.0 Å². The summed E-state index contributed by atoms with van der Waals surface area (Å²) >= 11 is 0. The molecule has 1 saturated carbocycles. The molecule has 1 saturated heterocycles. The van der Waals surface area contributed by atoms with Crippen LogP contribution in [0.2, 0.25) is 0 Å². The van der Waals surface area contributed by atoms with Crippen molar-refractivity contribution in [2.24, 2.45) is 18.4 Å². The molecule has 2 aromatic heterocycles. The van der Waals surface area contributed by atoms with Crippen molar-refractivity contribution in [3.05, 3.63) is 59.0 Å². The summed E-state index contributed by atoms with van der Waals surface area (Å²) in [6.45, 7) is 2.66. The van der Waals surface area contributed by atoms with E-state index in [0.717, 1.165) is 54.4 Å². The van der Waals surface area contributed by atoms with Crippen LogP contribution in [0.3, 0.4) is 0 Å². The smallest absolute Gasteiger partial charge is 0.257 e. The first-order valence-electron chi connectivity index (χ1n) is 13.2. The van der Waals surface area contributed by atoms with Crippen LogP contribution in [0.5, 0.6) is 0 Å². The van der Waals surface area contributed by atoms with E-state index in [1.807, 2.05) is 17.0 Å². The molecule has 2 fully saturated rings. The van der Waals surface area contributed by atoms with Gasteiger partial charge in [-0.2, -0.15) is 5.10 Å². The molecule has 1 aliphatic carbocycles. The van der Waals surface area contributed by atoms with Crippen LogP contribution in [0, 0.1) is 17.2 Å². The molecule has 7 rings (SSSR count). The van der Waals surface area contributed by atoms with E-state index in [2.05, 4.69) is 28.4 Å². The van der Waals surface area contributed by atoms with Crippen LogP contribution in [0.25, 0.3) is 21.8 Å². The first-order valence-corrected chi connectivity index (χ1v) is 13.2. The number of carbonyl (C=O) groups is 2. The number of benzene rings is 2. The largest absolute Gasteiger partial charge is 0.383 e. The fourth-order valence-electron chi connectivity index (χ4n) is 6.37. The number of carbonyl (C=O) groups excluding carboxylic acids is 2. The van der Waals surface area contributed by atoms with Crippen LogP contribution in [0.1, 0.15) is 60.1 Å². The van der Waals surface area contributed by atoms with Gasteiger partial charge in [-0.3, -0.25) is 14.3 Å². The van der Waals surface area contributed by atoms with Gasteiger partial charge in [-0.25, -0.2) is 9.37 Å². The molecule has 38 heavy (non-hydrogen) atoms. The molecule has 194 valence electrons. The van der Waals surface area contributed by atoms with Crippen molar-refractivity contribution >= 4 is 45.1 Å². The number of pyridine rings is 1. The van der Waals surface area contributed by atoms with Gasteiger partial charge in [0.2, 0.25) is 5.91 Å². The van der Waals surface area contributed by atoms with Crippen molar-refractivity contribution in [3.8, 4) is 0 Å². The zero-order valence-electron chi connectivity index (χ0n) is 21.4. The summed E-state index contributed by atoms with van der Waals surface area (Å²) in [6, 6.07) is 8.80. The molecule has 4 aromatic rings. The molecule has 3 N–H and O–H groups in total. The third kappa shape index (κ3) is 3.40. The first-order chi connectivity index (χ1) is 18.2. The molecule has 1 unspecified atom stereocenters. The number of aromatic nitrogens is 3. The minimum absolute atomic E-state index is 0.0211. The molecule has 1 spiro atoms. The van der Waals surface area contributed by atoms with Gasteiger partial charge in [-0.1, -0.05) is 19.1 Å². The number of nitrogens with one attached hydrogen (secondary N) is 1. The van der Waals surface area contributed by atoms with E-state index in [0.29, 0.717) is 28.8 Å². The monoisotopic (exact) mass is 512 g/mol. The van der Waals surface area contributed by atoms with Gasteiger partial charge in [0.05, 0.1) is 39.6 Å². The Kier molecular flexibility index (Phi) is 4.87. The van der Waals surface area contributed by atoms with Crippen LogP contribution < -0.4 is 11.1 Å². The molecule has 0 bridgehead atoms. The summed E-state index contributed by atoms with van der Waals surface area (Å²) in [7, 11) is 1.79. The standard InChI is InChI=1S/C29H29FN6O2/c1-15-3-6-24(16-4-5-22-17(9-16)12-29(7-8-29)28(38)34-22)36(14-15)27(37)18-10-19-23(11-21(18)30)33-26(31)20-13-32-35(2)25(19)20/h4-5,9-11,13,15,24H,3,6-8,12,14H2,1-2H3,(H2,31,33)(H,34,38)/t15-,24?/m0/s1. The highest BCUT2D eigenvalue weighted by molar-refractivity contribution is 6.10. The molecule has 2 aliphatic heterocycles. The van der Waals surface area contributed by atoms with E-state index in [9.17, 15) is 9.59 Å². The Morgan fingerprint density at radius 2 is 2.00 bits per heavy atom. The fraction of sp³-hybridized carbons (Fsp3) is 0.379. The maximum atomic E-state index is 15.5. The lowest BCUT2D eigenvalue weighted by atomic mass is 9.85. The molecular weight excluding hydrogens is 483 g/mol. The number of likely N-dealkylation sites (tertiary alicyclic amines) is 1. The Bertz CT molecular complexity index is 1670. The molecule has 8 nitrogen and oxygen atoms in total. The van der Waals surface area contributed by atoms with Gasteiger partial charge in [0.25, 0.3) is 5.91 Å². The van der Waals surface area contributed by atoms with Crippen molar-refractivity contribution in [3.63, 3.8) is 0 Å². The Balaban J connectivity index is 1.29. The summed E-state index contributed by atoms with van der Waals surface area (Å²) in [4.78, 5) is 32.7. The van der Waals surface area contributed by atoms with Gasteiger partial charge in [0.1, 0.15) is 11.6 Å². The maximum absolute atomic E-state index is 15.5. The summed E-state index contributed by atoms with van der Waals surface area (Å²) in [6.07, 6.45) is 5.97. The lowest BCUT2D eigenvalue weighted by Crippen LogP contribution is -2.42. The Hall–Kier alpha value is -4.01. The number of hydrogen-bond acceptors (Lipinski definition) is 5. The van der Waals surface area contributed by atoms with Gasteiger partial charge in [-0.15, -0.1) is 0 Å². The number of anilines is 2. The van der Waals surface area contributed by atoms with Gasteiger partial charge in [0, 0.05) is 30.7 Å². The highest BCUT2D eigenvalue weighted by Gasteiger charge is 2.52. The lowest BCUT2D eigenvalue weighted by Gasteiger charge is -2.39. The fourth-order valence-corrected chi connectivity index (χ4v) is 6.37. The predicted octanol–water partition coefficient (Wildman–Crippen LogP) is 4.73. The van der Waals surface area contributed by atoms with Crippen LogP contribution in [0.4, 0.5) is 15.9 Å². The Labute approximate surface area is 219 Å². The van der Waals surface area contributed by atoms with E-state index in [4.69, 9.17) is 5.73 Å². The van der Waals surface area contributed by atoms with Crippen molar-refractivity contribution in [2.45, 2.75) is 45.1 Å². The summed E-state index contributed by atoms with van der Waals surface area (Å²) < 4.78 is 17.1. The number of amides is 2. The van der Waals surface area contributed by atoms with Crippen molar-refractivity contribution in [1.29, 1.82) is 0 Å². The number of hydrogen-bond donors (Lipinski definition) is 2. The molecule has 0 radical (unpaired) electrons. The number of nitrogens with zero attached hydrogens (tertiary/aromatic N) is 4. The number of rotatable bonds is 2. The van der Waals surface area contributed by atoms with E-state index < -0.39 is 5.82 Å². The third-order valence-corrected chi connectivity index (χ3v) is 8.73. The third-order valence-electron chi connectivity index (χ3n) is 8.73. The maximum Gasteiger partial charge on any atom is 0.257 e. The number of halogens is 1. The van der Waals surface area contributed by atoms with Crippen LogP contribution >= 0.6 is 0 Å². The zero-order valence-corrected chi connectivity index (χ0v) is 21.4. The second kappa shape index (κ2) is 7.99. The molecule has 9 heteroatoms. The number of piperidine rings is 1. The quantitative estimate of drug-likeness (QED) is 0.404. The predicted molar refractivity (Wildman–Crippen MR) is 143 cm³/mol. The van der Waals surface area contributed by atoms with E-state index in [-0.39, 0.29) is 34.7 Å². The number of nitrogen functional groups attached to an aromatic ring is 1. The zero-order chi connectivity index (χ0) is 26.3. The van der Waals surface area contributed by atoms with Gasteiger partial charge < -0.3 is 16.0 Å². The topological polar surface area (TPSA) is 106 Å². The van der Waals surface area contributed by atoms with Crippen molar-refractivity contribution in [2.75, 3.05) is 17.6 Å². The summed E-state index contributed by atoms with van der Waals surface area (Å²) in [5, 5.41) is 8.66. The second-order valence-electron chi connectivity index (χ2n) is 11.4. The normalized spacial score (nSPS) is 22.1. The van der Waals surface area contributed by atoms with Gasteiger partial charge >= 0.3 is 0 Å². The minimum atomic E-state index is -0.614. The molecular formula is C29H29FN6O2. The SMILES string of the molecule is C[C@H]1CCC(c2ccc3c(c2)CC2(CC2)C(=O)N3)N(C(=O)c2cc3c(cc2F)nc(N)c2cnn(C)c23)C1. The molecule has 2 atom stereocenters. The summed E-state index contributed by atoms with van der Waals surface area (Å²) in [5.74, 6) is -0.253. The van der Waals surface area contributed by atoms with Crippen LogP contribution in [0.15, 0.2) is 36.5 Å². The summed E-state index contributed by atoms with van der Waals surface area (Å²) in [5.41, 5.74) is 9.96. The van der Waals surface area contributed by atoms with Crippen LogP contribution in [-0.2, 0) is 18.3 Å². The van der Waals surface area contributed by atoms with E-state index in [1.54, 1.807) is 24.0 Å². The van der Waals surface area contributed by atoms with Crippen molar-refractivity contribution < 1.29 is 14.0 Å². The first kappa shape index (κ1) is 23.1. The number of aryl methyl sites for hydroxylation is 1. The van der Waals surface area contributed by atoms with E-state index >= 15 is 4.39 Å². The van der Waals surface area contributed by atoms with Crippen molar-refractivity contribution in [1.82, 2.24) is 19.7 Å². The number of fused-ring (bicyclic) bond motifs is 4. The molecule has 2 amide bonds. The lowest BCUT2D eigenvalue weighted by molar-refractivity contribution is -0.121. The Morgan fingerprint density at radius 1 is 1.18 bits per heavy atom. The minimum Gasteiger partial charge on any atom is -0.383 e. The highest BCUT2D eigenvalue weighted by Crippen LogP contribution is 2.52. The average Bonchev–Trinajstić information content (AvgIpc) is 3.56. The Morgan fingerprint density at radius 3 is 2.79 bits per heavy atom. The molecule has 2 aromatic carbocycles. The molecule has 4 heterocycles. The highest BCUT2D eigenvalue weighted by atomic mass is 19.1. The number of nitrogens with two attached hydrogens (primary N) is 1. The van der Waals surface area contributed by atoms with E-state index in [1.165, 1.54) is 6.07 Å². The van der Waals surface area contributed by atoms with Gasteiger partial charge in [0.15, 0.2) is 0 Å². The van der Waals surface area contributed by atoms with Gasteiger partial charge in [-0.05, 0) is 61.3 Å². The second-order valence-corrected chi connectivity index (χ2v) is 11.4.